The molecule has 2 aliphatic rings. The lowest BCUT2D eigenvalue weighted by molar-refractivity contribution is 0.194. The summed E-state index contributed by atoms with van der Waals surface area (Å²) in [6, 6.07) is 13.2. The Hall–Kier alpha value is -1.81. The summed E-state index contributed by atoms with van der Waals surface area (Å²) < 4.78 is 19.5. The molecule has 1 radical (unpaired) electrons. The summed E-state index contributed by atoms with van der Waals surface area (Å²) in [5.74, 6) is 0.846. The molecule has 1 saturated carbocycles. The predicted molar refractivity (Wildman–Crippen MR) is 88.4 cm³/mol. The van der Waals surface area contributed by atoms with E-state index >= 15 is 0 Å². The summed E-state index contributed by atoms with van der Waals surface area (Å²) in [4.78, 5) is 0. The van der Waals surface area contributed by atoms with Crippen molar-refractivity contribution >= 4 is 7.28 Å². The number of hydrogen-bond acceptors (Lipinski definition) is 2. The van der Waals surface area contributed by atoms with E-state index in [4.69, 9.17) is 4.74 Å². The molecule has 3 unspecified atom stereocenters. The van der Waals surface area contributed by atoms with E-state index in [-0.39, 0.29) is 5.56 Å². The van der Waals surface area contributed by atoms with Gasteiger partial charge in [-0.3, -0.25) is 0 Å². The number of aliphatic hydroxyl groups excluding tert-OH is 1. The van der Waals surface area contributed by atoms with Gasteiger partial charge in [-0.25, -0.2) is 4.39 Å². The summed E-state index contributed by atoms with van der Waals surface area (Å²) >= 11 is 0. The molecule has 1 aliphatic heterocycles. The Morgan fingerprint density at radius 1 is 1.30 bits per heavy atom. The maximum absolute atomic E-state index is 13.8. The van der Waals surface area contributed by atoms with Crippen LogP contribution in [0.1, 0.15) is 36.1 Å². The van der Waals surface area contributed by atoms with Crippen LogP contribution in [0.15, 0.2) is 42.5 Å². The van der Waals surface area contributed by atoms with Crippen LogP contribution in [0.5, 0.6) is 5.75 Å². The van der Waals surface area contributed by atoms with Crippen LogP contribution in [0.3, 0.4) is 0 Å². The Morgan fingerprint density at radius 2 is 2.09 bits per heavy atom. The van der Waals surface area contributed by atoms with E-state index in [2.05, 4.69) is 31.5 Å². The molecule has 2 aromatic carbocycles. The molecule has 1 saturated heterocycles. The lowest BCUT2D eigenvalue weighted by Gasteiger charge is -2.25. The van der Waals surface area contributed by atoms with E-state index in [1.165, 1.54) is 24.4 Å². The van der Waals surface area contributed by atoms with Gasteiger partial charge in [0.1, 0.15) is 25.5 Å². The zero-order valence-electron chi connectivity index (χ0n) is 13.1. The first-order valence-corrected chi connectivity index (χ1v) is 8.11. The van der Waals surface area contributed by atoms with Crippen LogP contribution in [0.2, 0.25) is 12.1 Å². The molecular formula is C19H19BFO2. The Labute approximate surface area is 136 Å². The van der Waals surface area contributed by atoms with Gasteiger partial charge in [-0.05, 0) is 42.0 Å². The van der Waals surface area contributed by atoms with Gasteiger partial charge in [-0.1, -0.05) is 36.4 Å². The van der Waals surface area contributed by atoms with E-state index in [9.17, 15) is 9.50 Å². The van der Waals surface area contributed by atoms with Gasteiger partial charge in [-0.15, -0.1) is 0 Å². The van der Waals surface area contributed by atoms with Crippen molar-refractivity contribution in [3.63, 3.8) is 0 Å². The molecule has 1 N–H and O–H groups in total. The van der Waals surface area contributed by atoms with Crippen LogP contribution < -0.4 is 4.74 Å². The number of halogens is 1. The van der Waals surface area contributed by atoms with Crippen LogP contribution in [0.4, 0.5) is 4.39 Å². The molecule has 2 aromatic rings. The summed E-state index contributed by atoms with van der Waals surface area (Å²) in [7, 11) is 2.41. The minimum Gasteiger partial charge on any atom is -0.489 e. The minimum absolute atomic E-state index is 0.289. The number of ether oxygens (including phenoxy) is 1. The average molecular weight is 309 g/mol. The average Bonchev–Trinajstić information content (AvgIpc) is 3.07. The molecule has 117 valence electrons. The maximum Gasteiger partial charge on any atom is 0.132 e. The Balaban J connectivity index is 1.40. The van der Waals surface area contributed by atoms with E-state index in [1.807, 2.05) is 0 Å². The normalized spacial score (nSPS) is 25.8. The van der Waals surface area contributed by atoms with Gasteiger partial charge in [-0.2, -0.15) is 0 Å². The highest BCUT2D eigenvalue weighted by Crippen LogP contribution is 2.69. The van der Waals surface area contributed by atoms with Crippen LogP contribution in [0, 0.1) is 5.82 Å². The minimum atomic E-state index is -0.814. The number of fused-ring (bicyclic) bond motifs is 1. The van der Waals surface area contributed by atoms with Gasteiger partial charge in [0.2, 0.25) is 0 Å². The van der Waals surface area contributed by atoms with Gasteiger partial charge in [0.15, 0.2) is 0 Å². The Morgan fingerprint density at radius 3 is 2.61 bits per heavy atom. The van der Waals surface area contributed by atoms with Crippen molar-refractivity contribution in [3.8, 4) is 5.75 Å². The van der Waals surface area contributed by atoms with Gasteiger partial charge < -0.3 is 9.84 Å². The smallest absolute Gasteiger partial charge is 0.132 e. The molecule has 2 fully saturated rings. The highest BCUT2D eigenvalue weighted by Gasteiger charge is 2.61. The lowest BCUT2D eigenvalue weighted by atomic mass is 9.49. The molecule has 0 aromatic heterocycles. The van der Waals surface area contributed by atoms with Gasteiger partial charge >= 0.3 is 0 Å². The van der Waals surface area contributed by atoms with Crippen molar-refractivity contribution in [2.24, 2.45) is 0 Å². The molecule has 0 amide bonds. The van der Waals surface area contributed by atoms with Crippen LogP contribution in [-0.2, 0) is 12.0 Å². The standard InChI is InChI=1S/C19H19BFO2/c1-12(22)16-7-6-15(8-17(16)21)23-10-13-2-4-14(5-3-13)19-9-18(19)20-11-19/h2-8,12,18,22H,9-11H2,1H3. The third kappa shape index (κ3) is 2.55. The topological polar surface area (TPSA) is 29.5 Å². The number of benzene rings is 2. The van der Waals surface area contributed by atoms with Crippen molar-refractivity contribution in [1.29, 1.82) is 0 Å². The quantitative estimate of drug-likeness (QED) is 0.845. The van der Waals surface area contributed by atoms with Crippen molar-refractivity contribution in [3.05, 3.63) is 65.0 Å². The molecule has 1 heterocycles. The molecule has 3 atom stereocenters. The largest absolute Gasteiger partial charge is 0.489 e. The number of hydrogen-bond donors (Lipinski definition) is 1. The first-order valence-electron chi connectivity index (χ1n) is 8.11. The zero-order chi connectivity index (χ0) is 16.0. The third-order valence-corrected chi connectivity index (χ3v) is 5.26. The van der Waals surface area contributed by atoms with E-state index in [1.54, 1.807) is 19.1 Å². The second-order valence-electron chi connectivity index (χ2n) is 6.75. The van der Waals surface area contributed by atoms with E-state index < -0.39 is 11.9 Å². The summed E-state index contributed by atoms with van der Waals surface area (Å²) in [6.45, 7) is 1.96. The third-order valence-electron chi connectivity index (χ3n) is 5.26. The zero-order valence-corrected chi connectivity index (χ0v) is 13.1. The Kier molecular flexibility index (Phi) is 3.45. The monoisotopic (exact) mass is 309 g/mol. The van der Waals surface area contributed by atoms with Gasteiger partial charge in [0, 0.05) is 11.6 Å². The van der Waals surface area contributed by atoms with Crippen molar-refractivity contribution in [1.82, 2.24) is 0 Å². The summed E-state index contributed by atoms with van der Waals surface area (Å²) in [5.41, 5.74) is 3.25. The van der Waals surface area contributed by atoms with Crippen LogP contribution >= 0.6 is 0 Å². The van der Waals surface area contributed by atoms with Gasteiger partial charge in [0.05, 0.1) is 6.10 Å². The maximum atomic E-state index is 13.8. The highest BCUT2D eigenvalue weighted by molar-refractivity contribution is 6.46. The predicted octanol–water partition coefficient (Wildman–Crippen LogP) is 4.02. The second-order valence-corrected chi connectivity index (χ2v) is 6.75. The first-order chi connectivity index (χ1) is 11.1. The summed E-state index contributed by atoms with van der Waals surface area (Å²) in [6.07, 6.45) is 1.70. The number of aliphatic hydroxyl groups is 1. The fourth-order valence-corrected chi connectivity index (χ4v) is 3.56. The molecular weight excluding hydrogens is 290 g/mol. The second kappa shape index (κ2) is 5.38. The first kappa shape index (κ1) is 14.8. The molecule has 0 spiro atoms. The molecule has 1 aliphatic carbocycles. The lowest BCUT2D eigenvalue weighted by Crippen LogP contribution is -2.22. The molecule has 4 rings (SSSR count). The Bertz CT molecular complexity index is 725. The molecule has 0 bridgehead atoms. The van der Waals surface area contributed by atoms with Crippen molar-refractivity contribution in [2.45, 2.75) is 43.6 Å². The van der Waals surface area contributed by atoms with Crippen LogP contribution in [0.25, 0.3) is 0 Å². The molecule has 2 nitrogen and oxygen atoms in total. The molecule has 23 heavy (non-hydrogen) atoms. The van der Waals surface area contributed by atoms with Gasteiger partial charge in [0.25, 0.3) is 0 Å². The fraction of sp³-hybridized carbons (Fsp3) is 0.368. The van der Waals surface area contributed by atoms with Crippen molar-refractivity contribution < 1.29 is 14.2 Å². The van der Waals surface area contributed by atoms with E-state index in [0.29, 0.717) is 17.8 Å². The van der Waals surface area contributed by atoms with Crippen molar-refractivity contribution in [2.75, 3.05) is 0 Å². The van der Waals surface area contributed by atoms with E-state index in [0.717, 1.165) is 11.4 Å². The summed E-state index contributed by atoms with van der Waals surface area (Å²) in [5, 5.41) is 9.44. The van der Waals surface area contributed by atoms with Crippen LogP contribution in [-0.4, -0.2) is 12.4 Å². The number of rotatable bonds is 5. The highest BCUT2D eigenvalue weighted by atomic mass is 19.1. The molecule has 4 heteroatoms. The fourth-order valence-electron chi connectivity index (χ4n) is 3.56. The SMILES string of the molecule is CC(O)c1ccc(OCc2ccc(C34C[B]C3C4)cc2)cc1F.